The number of halogens is 2. The second-order valence-corrected chi connectivity index (χ2v) is 6.41. The lowest BCUT2D eigenvalue weighted by Crippen LogP contribution is -2.46. The van der Waals surface area contributed by atoms with Gasteiger partial charge >= 0.3 is 0 Å². The molecule has 3 nitrogen and oxygen atoms in total. The molecule has 0 aliphatic carbocycles. The van der Waals surface area contributed by atoms with Gasteiger partial charge in [0.15, 0.2) is 0 Å². The average molecular weight is 351 g/mol. The smallest absolute Gasteiger partial charge is 0.237 e. The van der Waals surface area contributed by atoms with Crippen LogP contribution in [0.3, 0.4) is 0 Å². The Balaban J connectivity index is 0.00000288. The minimum Gasteiger partial charge on any atom is -0.354 e. The van der Waals surface area contributed by atoms with Crippen molar-refractivity contribution in [1.29, 1.82) is 0 Å². The van der Waals surface area contributed by atoms with Crippen molar-refractivity contribution in [3.05, 3.63) is 71.5 Å². The van der Waals surface area contributed by atoms with E-state index >= 15 is 0 Å². The fraction of sp³-hybridized carbons (Fsp3) is 0.316. The average Bonchev–Trinajstić information content (AvgIpc) is 2.53. The molecule has 0 radical (unpaired) electrons. The highest BCUT2D eigenvalue weighted by Gasteiger charge is 2.23. The highest BCUT2D eigenvalue weighted by atomic mass is 35.5. The topological polar surface area (TPSA) is 55.1 Å². The van der Waals surface area contributed by atoms with Crippen molar-refractivity contribution in [3.63, 3.8) is 0 Å². The fourth-order valence-corrected chi connectivity index (χ4v) is 2.41. The summed E-state index contributed by atoms with van der Waals surface area (Å²) in [6.07, 6.45) is 0.493. The van der Waals surface area contributed by atoms with E-state index in [0.717, 1.165) is 11.1 Å². The van der Waals surface area contributed by atoms with E-state index in [9.17, 15) is 9.18 Å². The molecule has 1 amide bonds. The Morgan fingerprint density at radius 1 is 1.17 bits per heavy atom. The molecular formula is C19H24ClFN2O. The van der Waals surface area contributed by atoms with Crippen LogP contribution in [-0.4, -0.2) is 18.5 Å². The summed E-state index contributed by atoms with van der Waals surface area (Å²) in [6.45, 7) is 4.33. The largest absolute Gasteiger partial charge is 0.354 e. The van der Waals surface area contributed by atoms with Crippen LogP contribution in [0.15, 0.2) is 54.6 Å². The van der Waals surface area contributed by atoms with Crippen LogP contribution in [0, 0.1) is 5.82 Å². The van der Waals surface area contributed by atoms with Gasteiger partial charge in [-0.2, -0.15) is 0 Å². The second kappa shape index (κ2) is 8.81. The molecule has 0 fully saturated rings. The molecule has 3 N–H and O–H groups in total. The highest BCUT2D eigenvalue weighted by molar-refractivity contribution is 5.85. The normalized spacial score (nSPS) is 12.2. The lowest BCUT2D eigenvalue weighted by Gasteiger charge is -2.26. The molecule has 0 unspecified atom stereocenters. The minimum atomic E-state index is -0.597. The number of hydrogen-bond acceptors (Lipinski definition) is 2. The third-order valence-corrected chi connectivity index (χ3v) is 3.95. The Labute approximate surface area is 148 Å². The maximum Gasteiger partial charge on any atom is 0.237 e. The summed E-state index contributed by atoms with van der Waals surface area (Å²) in [5, 5.41) is 2.87. The quantitative estimate of drug-likeness (QED) is 0.840. The summed E-state index contributed by atoms with van der Waals surface area (Å²) in [6, 6.07) is 15.5. The van der Waals surface area contributed by atoms with Gasteiger partial charge in [0.1, 0.15) is 5.82 Å². The molecule has 0 bridgehead atoms. The lowest BCUT2D eigenvalue weighted by atomic mass is 9.84. The first-order chi connectivity index (χ1) is 10.9. The summed E-state index contributed by atoms with van der Waals surface area (Å²) < 4.78 is 13.4. The fourth-order valence-electron chi connectivity index (χ4n) is 2.41. The zero-order chi connectivity index (χ0) is 16.9. The van der Waals surface area contributed by atoms with E-state index in [1.54, 1.807) is 6.07 Å². The molecule has 130 valence electrons. The van der Waals surface area contributed by atoms with Crippen LogP contribution >= 0.6 is 12.4 Å². The highest BCUT2D eigenvalue weighted by Crippen LogP contribution is 2.22. The van der Waals surface area contributed by atoms with E-state index in [1.165, 1.54) is 12.1 Å². The summed E-state index contributed by atoms with van der Waals surface area (Å²) >= 11 is 0. The Morgan fingerprint density at radius 2 is 1.83 bits per heavy atom. The van der Waals surface area contributed by atoms with Gasteiger partial charge < -0.3 is 11.1 Å². The van der Waals surface area contributed by atoms with Gasteiger partial charge in [-0.25, -0.2) is 4.39 Å². The Bertz CT molecular complexity index is 661. The van der Waals surface area contributed by atoms with Gasteiger partial charge in [0.05, 0.1) is 6.04 Å². The van der Waals surface area contributed by atoms with Crippen LogP contribution in [0.5, 0.6) is 0 Å². The number of nitrogens with two attached hydrogens (primary N) is 1. The van der Waals surface area contributed by atoms with Crippen LogP contribution in [0.4, 0.5) is 4.39 Å². The number of nitrogens with one attached hydrogen (secondary N) is 1. The number of hydrogen-bond donors (Lipinski definition) is 2. The summed E-state index contributed by atoms with van der Waals surface area (Å²) in [5.74, 6) is -0.471. The Morgan fingerprint density at radius 3 is 2.46 bits per heavy atom. The predicted octanol–water partition coefficient (Wildman–Crippen LogP) is 3.21. The van der Waals surface area contributed by atoms with Crippen molar-refractivity contribution >= 4 is 18.3 Å². The van der Waals surface area contributed by atoms with Crippen molar-refractivity contribution in [3.8, 4) is 0 Å². The van der Waals surface area contributed by atoms with Gasteiger partial charge in [0.2, 0.25) is 5.91 Å². The van der Waals surface area contributed by atoms with Crippen LogP contribution in [-0.2, 0) is 16.6 Å². The molecule has 1 atom stereocenters. The van der Waals surface area contributed by atoms with E-state index in [4.69, 9.17) is 5.73 Å². The van der Waals surface area contributed by atoms with Crippen molar-refractivity contribution in [2.45, 2.75) is 31.7 Å². The molecule has 0 aliphatic rings. The first-order valence-corrected chi connectivity index (χ1v) is 7.72. The Hall–Kier alpha value is -1.91. The number of rotatable bonds is 6. The van der Waals surface area contributed by atoms with Gasteiger partial charge in [-0.3, -0.25) is 4.79 Å². The number of carbonyl (C=O) groups excluding carboxylic acids is 1. The molecule has 24 heavy (non-hydrogen) atoms. The van der Waals surface area contributed by atoms with Crippen molar-refractivity contribution < 1.29 is 9.18 Å². The van der Waals surface area contributed by atoms with Crippen LogP contribution < -0.4 is 11.1 Å². The molecule has 0 saturated heterocycles. The van der Waals surface area contributed by atoms with Crippen LogP contribution in [0.1, 0.15) is 25.0 Å². The molecule has 2 aromatic rings. The monoisotopic (exact) mass is 350 g/mol. The predicted molar refractivity (Wildman–Crippen MR) is 97.8 cm³/mol. The molecular weight excluding hydrogens is 327 g/mol. The number of benzene rings is 2. The molecule has 0 heterocycles. The van der Waals surface area contributed by atoms with Crippen molar-refractivity contribution in [2.24, 2.45) is 5.73 Å². The van der Waals surface area contributed by atoms with Crippen molar-refractivity contribution in [2.75, 3.05) is 6.54 Å². The molecule has 0 aromatic heterocycles. The van der Waals surface area contributed by atoms with Gasteiger partial charge in [0.25, 0.3) is 0 Å². The van der Waals surface area contributed by atoms with Gasteiger partial charge in [-0.1, -0.05) is 56.3 Å². The van der Waals surface area contributed by atoms with Gasteiger partial charge in [-0.15, -0.1) is 12.4 Å². The van der Waals surface area contributed by atoms with E-state index in [2.05, 4.69) is 5.32 Å². The first kappa shape index (κ1) is 20.1. The summed E-state index contributed by atoms with van der Waals surface area (Å²) in [7, 11) is 0. The molecule has 2 rings (SSSR count). The number of carbonyl (C=O) groups is 1. The minimum absolute atomic E-state index is 0. The zero-order valence-electron chi connectivity index (χ0n) is 14.0. The summed E-state index contributed by atoms with van der Waals surface area (Å²) in [4.78, 5) is 12.2. The molecule has 0 saturated carbocycles. The summed E-state index contributed by atoms with van der Waals surface area (Å²) in [5.41, 5.74) is 7.47. The van der Waals surface area contributed by atoms with Crippen LogP contribution in [0.25, 0.3) is 0 Å². The van der Waals surface area contributed by atoms with E-state index < -0.39 is 6.04 Å². The third-order valence-electron chi connectivity index (χ3n) is 3.95. The van der Waals surface area contributed by atoms with Crippen LogP contribution in [0.2, 0.25) is 0 Å². The maximum absolute atomic E-state index is 13.4. The molecule has 0 spiro atoms. The second-order valence-electron chi connectivity index (χ2n) is 6.41. The van der Waals surface area contributed by atoms with E-state index in [1.807, 2.05) is 50.2 Å². The molecule has 2 aromatic carbocycles. The molecule has 5 heteroatoms. The van der Waals surface area contributed by atoms with E-state index in [-0.39, 0.29) is 29.5 Å². The number of amides is 1. The van der Waals surface area contributed by atoms with Gasteiger partial charge in [-0.05, 0) is 29.7 Å². The molecule has 0 aliphatic heterocycles. The van der Waals surface area contributed by atoms with Gasteiger partial charge in [0, 0.05) is 12.0 Å². The standard InChI is InChI=1S/C19H23FN2O.ClH/c1-19(2,15-9-6-10-16(20)12-15)13-22-18(23)17(21)11-14-7-4-3-5-8-14;/h3-10,12,17H,11,13,21H2,1-2H3,(H,22,23);1H/t17-;/m0./s1. The SMILES string of the molecule is CC(C)(CNC(=O)[C@@H](N)Cc1ccccc1)c1cccc(F)c1.Cl. The van der Waals surface area contributed by atoms with Crippen molar-refractivity contribution in [1.82, 2.24) is 5.32 Å². The zero-order valence-corrected chi connectivity index (χ0v) is 14.8. The van der Waals surface area contributed by atoms with E-state index in [0.29, 0.717) is 13.0 Å². The Kier molecular flexibility index (Phi) is 7.39. The first-order valence-electron chi connectivity index (χ1n) is 7.72. The third kappa shape index (κ3) is 5.62. The lowest BCUT2D eigenvalue weighted by molar-refractivity contribution is -0.122. The maximum atomic E-state index is 13.4.